The molecule has 0 saturated carbocycles. The van der Waals surface area contributed by atoms with E-state index in [2.05, 4.69) is 57.6 Å². The average molecular weight is 943 g/mol. The van der Waals surface area contributed by atoms with Crippen molar-refractivity contribution >= 4 is 40.9 Å². The van der Waals surface area contributed by atoms with Gasteiger partial charge in [0.2, 0.25) is 17.7 Å². The van der Waals surface area contributed by atoms with Crippen molar-refractivity contribution in [2.24, 2.45) is 7.05 Å². The van der Waals surface area contributed by atoms with Gasteiger partial charge in [0, 0.05) is 56.7 Å². The topological polar surface area (TPSA) is 168 Å². The number of aromatic nitrogens is 5. The molecule has 0 bridgehead atoms. The standard InChI is InChI=1S/C54H58N10O6/c1-7-39-41(21-26-56-48(39)62-31-30-61(53(62)69)43-12-9-25-55-33(43)2)40-18-17-38(63-51(70-6)58-59(5)52(63)68)32-42(40)36-15-13-34(14-16-36)35-22-27-60(28-23-35)29-24-37-10-8-11-44-47(37)54(3,4)50(67)64(44)45-19-20-46(65)57-49(45)66/h8-18,21,25-26,32,35,45H,7,19-20,22-24,27-31H2,1-6H3,(H,57,65,66). The third-order valence-corrected chi connectivity index (χ3v) is 14.8. The maximum absolute atomic E-state index is 14.1. The summed E-state index contributed by atoms with van der Waals surface area (Å²) in [4.78, 5) is 83.1. The first-order valence-electron chi connectivity index (χ1n) is 24.2. The van der Waals surface area contributed by atoms with Crippen LogP contribution in [0.3, 0.4) is 0 Å². The highest BCUT2D eigenvalue weighted by Crippen LogP contribution is 2.46. The Bertz CT molecular complexity index is 3110. The summed E-state index contributed by atoms with van der Waals surface area (Å²) >= 11 is 0. The van der Waals surface area contributed by atoms with Gasteiger partial charge in [-0.05, 0) is 147 Å². The van der Waals surface area contributed by atoms with E-state index in [1.807, 2.05) is 69.3 Å². The van der Waals surface area contributed by atoms with Gasteiger partial charge in [-0.3, -0.25) is 39.4 Å². The Hall–Kier alpha value is -7.46. The van der Waals surface area contributed by atoms with E-state index >= 15 is 0 Å². The van der Waals surface area contributed by atoms with Crippen molar-refractivity contribution in [2.75, 3.05) is 54.5 Å². The Morgan fingerprint density at radius 1 is 0.800 bits per heavy atom. The third-order valence-electron chi connectivity index (χ3n) is 14.8. The first kappa shape index (κ1) is 46.3. The van der Waals surface area contributed by atoms with Crippen LogP contribution in [0, 0.1) is 6.92 Å². The van der Waals surface area contributed by atoms with Gasteiger partial charge < -0.3 is 9.64 Å². The molecule has 70 heavy (non-hydrogen) atoms. The van der Waals surface area contributed by atoms with Crippen molar-refractivity contribution < 1.29 is 23.9 Å². The number of aryl methyl sites for hydroxylation is 2. The third kappa shape index (κ3) is 8.02. The zero-order valence-corrected chi connectivity index (χ0v) is 40.6. The van der Waals surface area contributed by atoms with Gasteiger partial charge in [-0.25, -0.2) is 23.8 Å². The second-order valence-electron chi connectivity index (χ2n) is 19.2. The molecule has 0 aliphatic carbocycles. The number of methoxy groups -OCH3 is 1. The number of nitrogens with zero attached hydrogens (tertiary/aromatic N) is 9. The van der Waals surface area contributed by atoms with Crippen molar-refractivity contribution in [3.8, 4) is 34.0 Å². The first-order chi connectivity index (χ1) is 33.8. The molecule has 4 aliphatic heterocycles. The fourth-order valence-corrected chi connectivity index (χ4v) is 11.1. The summed E-state index contributed by atoms with van der Waals surface area (Å²) in [6, 6.07) is 25.8. The summed E-state index contributed by atoms with van der Waals surface area (Å²) in [5.41, 5.74) is 9.87. The van der Waals surface area contributed by atoms with Gasteiger partial charge in [0.25, 0.3) is 0 Å². The summed E-state index contributed by atoms with van der Waals surface area (Å²) in [6.45, 7) is 11.6. The van der Waals surface area contributed by atoms with Crippen LogP contribution in [0.4, 0.5) is 22.0 Å². The van der Waals surface area contributed by atoms with Crippen LogP contribution in [-0.2, 0) is 39.7 Å². The average Bonchev–Trinajstić information content (AvgIpc) is 3.96. The maximum atomic E-state index is 14.1. The monoisotopic (exact) mass is 942 g/mol. The second-order valence-corrected chi connectivity index (χ2v) is 19.2. The zero-order chi connectivity index (χ0) is 49.0. The van der Waals surface area contributed by atoms with Gasteiger partial charge >= 0.3 is 17.7 Å². The number of fused-ring (bicyclic) bond motifs is 1. The van der Waals surface area contributed by atoms with E-state index in [1.165, 1.54) is 21.9 Å². The number of urea groups is 1. The predicted octanol–water partition coefficient (Wildman–Crippen LogP) is 6.87. The van der Waals surface area contributed by atoms with Crippen molar-refractivity contribution in [1.29, 1.82) is 0 Å². The summed E-state index contributed by atoms with van der Waals surface area (Å²) < 4.78 is 8.28. The summed E-state index contributed by atoms with van der Waals surface area (Å²) in [5.74, 6) is 0.170. The Balaban J connectivity index is 0.894. The molecule has 16 nitrogen and oxygen atoms in total. The van der Waals surface area contributed by atoms with Crippen molar-refractivity contribution in [3.05, 3.63) is 130 Å². The smallest absolute Gasteiger partial charge is 0.353 e. The molecule has 1 N–H and O–H groups in total. The number of hydrogen-bond acceptors (Lipinski definition) is 10. The van der Waals surface area contributed by atoms with Crippen LogP contribution < -0.4 is 30.4 Å². The molecule has 3 aromatic carbocycles. The Kier molecular flexibility index (Phi) is 12.2. The van der Waals surface area contributed by atoms with Crippen LogP contribution in [0.25, 0.3) is 27.9 Å². The molecule has 4 aliphatic rings. The second kappa shape index (κ2) is 18.5. The molecule has 0 radical (unpaired) electrons. The number of ether oxygens (including phenoxy) is 1. The minimum Gasteiger partial charge on any atom is -0.467 e. The molecule has 6 aromatic rings. The number of carbonyl (C=O) groups is 4. The molecule has 16 heteroatoms. The number of amides is 5. The number of hydrogen-bond donors (Lipinski definition) is 1. The number of piperidine rings is 2. The Morgan fingerprint density at radius 3 is 2.29 bits per heavy atom. The number of benzene rings is 3. The number of carbonyl (C=O) groups excluding carboxylic acids is 4. The first-order valence-corrected chi connectivity index (χ1v) is 24.2. The van der Waals surface area contributed by atoms with Crippen LogP contribution in [0.5, 0.6) is 6.01 Å². The number of anilines is 3. The summed E-state index contributed by atoms with van der Waals surface area (Å²) in [7, 11) is 3.10. The Labute approximate surface area is 406 Å². The van der Waals surface area contributed by atoms with Gasteiger partial charge in [-0.2, -0.15) is 0 Å². The van der Waals surface area contributed by atoms with Crippen LogP contribution in [-0.4, -0.2) is 98.8 Å². The molecule has 0 spiro atoms. The highest BCUT2D eigenvalue weighted by molar-refractivity contribution is 6.14. The van der Waals surface area contributed by atoms with E-state index in [9.17, 15) is 24.0 Å². The van der Waals surface area contributed by atoms with Crippen molar-refractivity contribution in [2.45, 2.75) is 83.6 Å². The van der Waals surface area contributed by atoms with Crippen LogP contribution >= 0.6 is 0 Å². The molecular formula is C54H58N10O6. The van der Waals surface area contributed by atoms with Gasteiger partial charge in [0.15, 0.2) is 0 Å². The van der Waals surface area contributed by atoms with Gasteiger partial charge in [-0.1, -0.05) is 49.4 Å². The minimum atomic E-state index is -0.797. The van der Waals surface area contributed by atoms with E-state index < -0.39 is 17.4 Å². The minimum absolute atomic E-state index is 0.110. The molecule has 1 unspecified atom stereocenters. The number of imide groups is 1. The number of rotatable bonds is 12. The molecule has 3 saturated heterocycles. The molecule has 5 amide bonds. The van der Waals surface area contributed by atoms with Crippen LogP contribution in [0.1, 0.15) is 80.3 Å². The Morgan fingerprint density at radius 2 is 1.56 bits per heavy atom. The molecule has 360 valence electrons. The van der Waals surface area contributed by atoms with Crippen LogP contribution in [0.2, 0.25) is 0 Å². The van der Waals surface area contributed by atoms with Gasteiger partial charge in [-0.15, -0.1) is 5.10 Å². The van der Waals surface area contributed by atoms with Crippen LogP contribution in [0.15, 0.2) is 96.1 Å². The van der Waals surface area contributed by atoms with E-state index in [0.29, 0.717) is 43.4 Å². The van der Waals surface area contributed by atoms with Crippen molar-refractivity contribution in [1.82, 2.24) is 34.5 Å². The fourth-order valence-electron chi connectivity index (χ4n) is 11.1. The van der Waals surface area contributed by atoms with E-state index in [1.54, 1.807) is 34.1 Å². The number of nitrogens with one attached hydrogen (secondary N) is 1. The highest BCUT2D eigenvalue weighted by Gasteiger charge is 2.50. The van der Waals surface area contributed by atoms with E-state index in [-0.39, 0.29) is 36.0 Å². The fraction of sp³-hybridized carbons (Fsp3) is 0.370. The predicted molar refractivity (Wildman–Crippen MR) is 268 cm³/mol. The lowest BCUT2D eigenvalue weighted by Gasteiger charge is -2.32. The molecule has 1 atom stereocenters. The molecule has 7 heterocycles. The lowest BCUT2D eigenvalue weighted by Crippen LogP contribution is -2.55. The number of likely N-dealkylation sites (tertiary alicyclic amines) is 1. The van der Waals surface area contributed by atoms with Crippen molar-refractivity contribution in [3.63, 3.8) is 0 Å². The highest BCUT2D eigenvalue weighted by atomic mass is 16.5. The molecule has 10 rings (SSSR count). The zero-order valence-electron chi connectivity index (χ0n) is 40.6. The maximum Gasteiger partial charge on any atom is 0.353 e. The summed E-state index contributed by atoms with van der Waals surface area (Å²) in [5, 5.41) is 6.73. The lowest BCUT2D eigenvalue weighted by atomic mass is 9.82. The molecular weight excluding hydrogens is 885 g/mol. The largest absolute Gasteiger partial charge is 0.467 e. The SMILES string of the molecule is CCc1c(-c2ccc(-n3c(OC)nn(C)c3=O)cc2-c2ccc(C3CCN(CCc4cccc5c4C(C)(C)C(=O)N5C4CCC(=O)NC4=O)CC3)cc2)ccnc1N1CCN(c2cccnc2C)C1=O. The van der Waals surface area contributed by atoms with E-state index in [0.717, 1.165) is 94.9 Å². The van der Waals surface area contributed by atoms with Gasteiger partial charge in [0.1, 0.15) is 11.9 Å². The van der Waals surface area contributed by atoms with Gasteiger partial charge in [0.05, 0.1) is 29.6 Å². The van der Waals surface area contributed by atoms with E-state index in [4.69, 9.17) is 9.72 Å². The lowest BCUT2D eigenvalue weighted by molar-refractivity contribution is -0.136. The summed E-state index contributed by atoms with van der Waals surface area (Å²) in [6.07, 6.45) is 7.41. The normalized spacial score (nSPS) is 18.5. The molecule has 3 aromatic heterocycles. The molecule has 3 fully saturated rings. The number of pyridine rings is 2. The quantitative estimate of drug-likeness (QED) is 0.128.